The fourth-order valence-corrected chi connectivity index (χ4v) is 3.82. The zero-order valence-electron chi connectivity index (χ0n) is 15.9. The molecule has 1 aromatic heterocycles. The van der Waals surface area contributed by atoms with Crippen molar-refractivity contribution in [3.63, 3.8) is 0 Å². The van der Waals surface area contributed by atoms with Gasteiger partial charge in [0.15, 0.2) is 0 Å². The number of hydrogen-bond donors (Lipinski definition) is 3. The molecule has 2 amide bonds. The summed E-state index contributed by atoms with van der Waals surface area (Å²) in [6, 6.07) is 2.05. The van der Waals surface area contributed by atoms with Crippen LogP contribution in [0.5, 0.6) is 0 Å². The first-order valence-corrected chi connectivity index (χ1v) is 9.26. The van der Waals surface area contributed by atoms with Gasteiger partial charge in [-0.1, -0.05) is 19.3 Å². The summed E-state index contributed by atoms with van der Waals surface area (Å²) in [4.78, 5) is 29.2. The summed E-state index contributed by atoms with van der Waals surface area (Å²) >= 11 is 0. The lowest BCUT2D eigenvalue weighted by Gasteiger charge is -2.34. The number of aromatic amines is 1. The van der Waals surface area contributed by atoms with Gasteiger partial charge in [-0.3, -0.25) is 4.79 Å². The minimum atomic E-state index is -0.220. The summed E-state index contributed by atoms with van der Waals surface area (Å²) in [6.45, 7) is 4.61. The third kappa shape index (κ3) is 5.59. The molecule has 0 radical (unpaired) electrons. The number of nitrogens with one attached hydrogen (secondary N) is 3. The fraction of sp³-hybridized carbons (Fsp3) is 0.684. The maximum atomic E-state index is 12.2. The maximum absolute atomic E-state index is 12.2. The summed E-state index contributed by atoms with van der Waals surface area (Å²) in [7, 11) is 4.15. The zero-order chi connectivity index (χ0) is 18.4. The summed E-state index contributed by atoms with van der Waals surface area (Å²) in [6.07, 6.45) is 6.39. The Morgan fingerprint density at radius 3 is 2.52 bits per heavy atom. The first kappa shape index (κ1) is 19.5. The number of aryl methyl sites for hydroxylation is 2. The standard InChI is InChI=1S/C19H32N4O2/c1-13-10-14(2)22-18(24)16(13)11-20-19(25)21-12-17(23(3)4)15-8-6-5-7-9-15/h10,15,17H,5-9,11-12H2,1-4H3,(H,22,24)(H2,20,21,25)/t17-/m0/s1. The number of nitrogens with zero attached hydrogens (tertiary/aromatic N) is 1. The largest absolute Gasteiger partial charge is 0.337 e. The number of carbonyl (C=O) groups excluding carboxylic acids is 1. The molecule has 6 heteroatoms. The molecule has 3 N–H and O–H groups in total. The molecule has 2 rings (SSSR count). The molecule has 1 aliphatic carbocycles. The number of amides is 2. The van der Waals surface area contributed by atoms with Gasteiger partial charge >= 0.3 is 6.03 Å². The molecule has 1 saturated carbocycles. The number of rotatable bonds is 6. The van der Waals surface area contributed by atoms with Crippen LogP contribution in [0.15, 0.2) is 10.9 Å². The molecule has 0 bridgehead atoms. The lowest BCUT2D eigenvalue weighted by atomic mass is 9.83. The second-order valence-electron chi connectivity index (χ2n) is 7.44. The van der Waals surface area contributed by atoms with E-state index in [0.717, 1.165) is 11.3 Å². The minimum Gasteiger partial charge on any atom is -0.337 e. The van der Waals surface area contributed by atoms with E-state index < -0.39 is 0 Å². The Bertz CT molecular complexity index is 633. The Morgan fingerprint density at radius 1 is 1.24 bits per heavy atom. The van der Waals surface area contributed by atoms with Gasteiger partial charge in [0.05, 0.1) is 6.54 Å². The van der Waals surface area contributed by atoms with E-state index in [-0.39, 0.29) is 18.1 Å². The van der Waals surface area contributed by atoms with Crippen LogP contribution in [0.4, 0.5) is 4.79 Å². The highest BCUT2D eigenvalue weighted by Crippen LogP contribution is 2.27. The van der Waals surface area contributed by atoms with E-state index in [1.807, 2.05) is 19.9 Å². The monoisotopic (exact) mass is 348 g/mol. The molecule has 0 unspecified atom stereocenters. The Kier molecular flexibility index (Phi) is 7.05. The second kappa shape index (κ2) is 9.04. The number of aromatic nitrogens is 1. The third-order valence-electron chi connectivity index (χ3n) is 5.25. The quantitative estimate of drug-likeness (QED) is 0.738. The minimum absolute atomic E-state index is 0.133. The number of H-pyrrole nitrogens is 1. The van der Waals surface area contributed by atoms with Crippen LogP contribution in [-0.2, 0) is 6.54 Å². The van der Waals surface area contributed by atoms with Crippen molar-refractivity contribution >= 4 is 6.03 Å². The Hall–Kier alpha value is -1.82. The Balaban J connectivity index is 1.86. The van der Waals surface area contributed by atoms with Crippen molar-refractivity contribution in [3.05, 3.63) is 33.2 Å². The average Bonchev–Trinajstić information content (AvgIpc) is 2.54. The number of pyridine rings is 1. The number of hydrogen-bond acceptors (Lipinski definition) is 3. The summed E-state index contributed by atoms with van der Waals surface area (Å²) in [5.74, 6) is 0.645. The van der Waals surface area contributed by atoms with E-state index in [1.54, 1.807) is 0 Å². The van der Waals surface area contributed by atoms with E-state index in [1.165, 1.54) is 32.1 Å². The molecule has 0 aromatic carbocycles. The van der Waals surface area contributed by atoms with Gasteiger partial charge in [-0.15, -0.1) is 0 Å². The van der Waals surface area contributed by atoms with Crippen molar-refractivity contribution in [2.75, 3.05) is 20.6 Å². The molecule has 1 atom stereocenters. The van der Waals surface area contributed by atoms with Crippen molar-refractivity contribution in [3.8, 4) is 0 Å². The fourth-order valence-electron chi connectivity index (χ4n) is 3.82. The molecule has 140 valence electrons. The number of likely N-dealkylation sites (N-methyl/N-ethyl adjacent to an activating group) is 1. The smallest absolute Gasteiger partial charge is 0.315 e. The first-order chi connectivity index (χ1) is 11.9. The van der Waals surface area contributed by atoms with Crippen LogP contribution < -0.4 is 16.2 Å². The van der Waals surface area contributed by atoms with Gasteiger partial charge in [0.25, 0.3) is 5.56 Å². The SMILES string of the molecule is Cc1cc(C)c(CNC(=O)NC[C@@H](C2CCCCC2)N(C)C)c(=O)[nH]1. The van der Waals surface area contributed by atoms with Gasteiger partial charge in [-0.05, 0) is 58.3 Å². The van der Waals surface area contributed by atoms with Gasteiger partial charge in [0.2, 0.25) is 0 Å². The second-order valence-corrected chi connectivity index (χ2v) is 7.44. The topological polar surface area (TPSA) is 77.2 Å². The molecule has 1 heterocycles. The van der Waals surface area contributed by atoms with Crippen LogP contribution >= 0.6 is 0 Å². The average molecular weight is 348 g/mol. The molecule has 0 saturated heterocycles. The molecular formula is C19H32N4O2. The molecule has 0 spiro atoms. The first-order valence-electron chi connectivity index (χ1n) is 9.26. The normalized spacial score (nSPS) is 16.7. The van der Waals surface area contributed by atoms with Crippen molar-refractivity contribution < 1.29 is 4.79 Å². The Labute approximate surface area is 150 Å². The van der Waals surface area contributed by atoms with E-state index in [0.29, 0.717) is 24.1 Å². The highest BCUT2D eigenvalue weighted by atomic mass is 16.2. The highest BCUT2D eigenvalue weighted by molar-refractivity contribution is 5.73. The van der Waals surface area contributed by atoms with E-state index in [9.17, 15) is 9.59 Å². The molecule has 1 aromatic rings. The van der Waals surface area contributed by atoms with Crippen LogP contribution in [0, 0.1) is 19.8 Å². The molecule has 6 nitrogen and oxygen atoms in total. The zero-order valence-corrected chi connectivity index (χ0v) is 15.9. The summed E-state index contributed by atoms with van der Waals surface area (Å²) in [5, 5.41) is 5.79. The van der Waals surface area contributed by atoms with Crippen LogP contribution in [0.25, 0.3) is 0 Å². The lowest BCUT2D eigenvalue weighted by Crippen LogP contribution is -2.48. The maximum Gasteiger partial charge on any atom is 0.315 e. The van der Waals surface area contributed by atoms with Crippen molar-refractivity contribution in [1.29, 1.82) is 0 Å². The van der Waals surface area contributed by atoms with Crippen molar-refractivity contribution in [2.24, 2.45) is 5.92 Å². The van der Waals surface area contributed by atoms with E-state index in [2.05, 4.69) is 34.6 Å². The number of urea groups is 1. The molecular weight excluding hydrogens is 316 g/mol. The van der Waals surface area contributed by atoms with Crippen LogP contribution in [0.2, 0.25) is 0 Å². The van der Waals surface area contributed by atoms with Gasteiger partial charge < -0.3 is 20.5 Å². The van der Waals surface area contributed by atoms with Crippen LogP contribution in [0.1, 0.15) is 48.9 Å². The predicted molar refractivity (Wildman–Crippen MR) is 101 cm³/mol. The molecule has 0 aliphatic heterocycles. The Morgan fingerprint density at radius 2 is 1.92 bits per heavy atom. The molecule has 1 fully saturated rings. The van der Waals surface area contributed by atoms with E-state index in [4.69, 9.17) is 0 Å². The highest BCUT2D eigenvalue weighted by Gasteiger charge is 2.25. The van der Waals surface area contributed by atoms with Gasteiger partial charge in [-0.25, -0.2) is 4.79 Å². The van der Waals surface area contributed by atoms with Gasteiger partial charge in [-0.2, -0.15) is 0 Å². The van der Waals surface area contributed by atoms with Crippen molar-refractivity contribution in [1.82, 2.24) is 20.5 Å². The number of carbonyl (C=O) groups is 1. The lowest BCUT2D eigenvalue weighted by molar-refractivity contribution is 0.166. The molecule has 1 aliphatic rings. The predicted octanol–water partition coefficient (Wildman–Crippen LogP) is 2.30. The van der Waals surface area contributed by atoms with Gasteiger partial charge in [0, 0.05) is 23.8 Å². The van der Waals surface area contributed by atoms with Crippen molar-refractivity contribution in [2.45, 2.75) is 58.5 Å². The van der Waals surface area contributed by atoms with Crippen LogP contribution in [-0.4, -0.2) is 42.6 Å². The van der Waals surface area contributed by atoms with E-state index >= 15 is 0 Å². The summed E-state index contributed by atoms with van der Waals surface area (Å²) in [5.41, 5.74) is 2.20. The van der Waals surface area contributed by atoms with Crippen LogP contribution in [0.3, 0.4) is 0 Å². The molecule has 25 heavy (non-hydrogen) atoms. The van der Waals surface area contributed by atoms with Gasteiger partial charge in [0.1, 0.15) is 0 Å². The summed E-state index contributed by atoms with van der Waals surface area (Å²) < 4.78 is 0. The third-order valence-corrected chi connectivity index (χ3v) is 5.25.